The van der Waals surface area contributed by atoms with Crippen LogP contribution in [0.2, 0.25) is 0 Å². The summed E-state index contributed by atoms with van der Waals surface area (Å²) in [7, 11) is 1.97. The fourth-order valence-electron chi connectivity index (χ4n) is 2.00. The summed E-state index contributed by atoms with van der Waals surface area (Å²) >= 11 is 3.63. The molecule has 0 saturated carbocycles. The van der Waals surface area contributed by atoms with Crippen molar-refractivity contribution in [3.05, 3.63) is 33.8 Å². The van der Waals surface area contributed by atoms with Gasteiger partial charge in [0, 0.05) is 25.4 Å². The largest absolute Gasteiger partial charge is 0.313 e. The van der Waals surface area contributed by atoms with E-state index in [0.29, 0.717) is 0 Å². The molecule has 19 heavy (non-hydrogen) atoms. The van der Waals surface area contributed by atoms with Crippen LogP contribution in [0.15, 0.2) is 16.9 Å². The molecule has 2 aromatic rings. The minimum absolute atomic E-state index is 0.732. The van der Waals surface area contributed by atoms with Crippen LogP contribution in [0.5, 0.6) is 0 Å². The molecule has 0 spiro atoms. The Labute approximate surface area is 122 Å². The third-order valence-electron chi connectivity index (χ3n) is 3.08. The van der Waals surface area contributed by atoms with Crippen LogP contribution in [0.25, 0.3) is 0 Å². The first-order valence-electron chi connectivity index (χ1n) is 6.58. The van der Waals surface area contributed by atoms with Crippen LogP contribution >= 0.6 is 15.9 Å². The molecule has 0 amide bonds. The van der Waals surface area contributed by atoms with Crippen molar-refractivity contribution in [3.8, 4) is 0 Å². The van der Waals surface area contributed by atoms with Gasteiger partial charge in [-0.1, -0.05) is 13.8 Å². The number of aryl methyl sites for hydroxylation is 2. The Morgan fingerprint density at radius 1 is 1.37 bits per heavy atom. The Bertz CT molecular complexity index is 543. The molecule has 0 unspecified atom stereocenters. The average molecular weight is 326 g/mol. The smallest absolute Gasteiger partial charge is 0.0839 e. The Morgan fingerprint density at radius 3 is 2.79 bits per heavy atom. The topological polar surface area (TPSA) is 47.7 Å². The van der Waals surface area contributed by atoms with Crippen LogP contribution in [-0.4, -0.2) is 26.1 Å². The van der Waals surface area contributed by atoms with Crippen molar-refractivity contribution in [1.82, 2.24) is 24.9 Å². The second-order valence-corrected chi connectivity index (χ2v) is 5.30. The molecule has 0 aliphatic rings. The third-order valence-corrected chi connectivity index (χ3v) is 4.00. The van der Waals surface area contributed by atoms with E-state index in [0.717, 1.165) is 41.9 Å². The second kappa shape index (κ2) is 6.34. The molecular formula is C13H20BrN5. The summed E-state index contributed by atoms with van der Waals surface area (Å²) in [5.74, 6) is 0. The lowest BCUT2D eigenvalue weighted by Crippen LogP contribution is -2.11. The molecule has 0 atom stereocenters. The first kappa shape index (κ1) is 14.3. The molecule has 0 saturated heterocycles. The molecule has 0 radical (unpaired) electrons. The highest BCUT2D eigenvalue weighted by Gasteiger charge is 2.13. The number of aromatic nitrogens is 4. The molecule has 0 aliphatic carbocycles. The Balaban J connectivity index is 2.12. The Kier molecular flexibility index (Phi) is 4.76. The van der Waals surface area contributed by atoms with Gasteiger partial charge in [-0.05, 0) is 28.9 Å². The van der Waals surface area contributed by atoms with E-state index in [-0.39, 0.29) is 0 Å². The fourth-order valence-corrected chi connectivity index (χ4v) is 2.74. The molecule has 2 rings (SSSR count). The van der Waals surface area contributed by atoms with Crippen molar-refractivity contribution in [1.29, 1.82) is 0 Å². The van der Waals surface area contributed by atoms with Crippen LogP contribution < -0.4 is 5.32 Å². The summed E-state index contributed by atoms with van der Waals surface area (Å²) in [4.78, 5) is 0. The van der Waals surface area contributed by atoms with Gasteiger partial charge in [-0.2, -0.15) is 10.2 Å². The SMILES string of the molecule is CCNCc1cnn(Cc2c(Br)c(CC)nn2C)c1. The minimum Gasteiger partial charge on any atom is -0.313 e. The average Bonchev–Trinajstić information content (AvgIpc) is 2.96. The maximum atomic E-state index is 4.50. The monoisotopic (exact) mass is 325 g/mol. The molecule has 2 aromatic heterocycles. The second-order valence-electron chi connectivity index (χ2n) is 4.51. The summed E-state index contributed by atoms with van der Waals surface area (Å²) in [6, 6.07) is 0. The Morgan fingerprint density at radius 2 is 2.16 bits per heavy atom. The van der Waals surface area contributed by atoms with E-state index >= 15 is 0 Å². The predicted molar refractivity (Wildman–Crippen MR) is 79.0 cm³/mol. The van der Waals surface area contributed by atoms with E-state index in [1.54, 1.807) is 0 Å². The molecular weight excluding hydrogens is 306 g/mol. The number of halogens is 1. The molecule has 6 heteroatoms. The van der Waals surface area contributed by atoms with Crippen LogP contribution in [0.3, 0.4) is 0 Å². The third kappa shape index (κ3) is 3.25. The minimum atomic E-state index is 0.732. The lowest BCUT2D eigenvalue weighted by Gasteiger charge is -2.03. The van der Waals surface area contributed by atoms with Gasteiger partial charge in [0.1, 0.15) is 0 Å². The summed E-state index contributed by atoms with van der Waals surface area (Å²) in [6.45, 7) is 6.78. The summed E-state index contributed by atoms with van der Waals surface area (Å²) in [5.41, 5.74) is 3.45. The molecule has 0 bridgehead atoms. The van der Waals surface area contributed by atoms with Gasteiger partial charge < -0.3 is 5.32 Å². The highest BCUT2D eigenvalue weighted by atomic mass is 79.9. The van der Waals surface area contributed by atoms with Crippen molar-refractivity contribution in [3.63, 3.8) is 0 Å². The number of rotatable bonds is 6. The van der Waals surface area contributed by atoms with E-state index in [4.69, 9.17) is 0 Å². The van der Waals surface area contributed by atoms with Crippen molar-refractivity contribution in [2.45, 2.75) is 33.4 Å². The van der Waals surface area contributed by atoms with E-state index in [1.807, 2.05) is 22.6 Å². The van der Waals surface area contributed by atoms with Crippen LogP contribution in [0, 0.1) is 0 Å². The zero-order chi connectivity index (χ0) is 13.8. The van der Waals surface area contributed by atoms with Crippen molar-refractivity contribution in [2.75, 3.05) is 6.54 Å². The number of nitrogens with zero attached hydrogens (tertiary/aromatic N) is 4. The number of hydrogen-bond donors (Lipinski definition) is 1. The first-order valence-corrected chi connectivity index (χ1v) is 7.37. The zero-order valence-electron chi connectivity index (χ0n) is 11.6. The van der Waals surface area contributed by atoms with E-state index in [9.17, 15) is 0 Å². The van der Waals surface area contributed by atoms with Crippen molar-refractivity contribution in [2.24, 2.45) is 7.05 Å². The van der Waals surface area contributed by atoms with Gasteiger partial charge in [0.2, 0.25) is 0 Å². The highest BCUT2D eigenvalue weighted by Crippen LogP contribution is 2.22. The van der Waals surface area contributed by atoms with Crippen LogP contribution in [0.4, 0.5) is 0 Å². The van der Waals surface area contributed by atoms with E-state index in [1.165, 1.54) is 5.56 Å². The van der Waals surface area contributed by atoms with Gasteiger partial charge in [-0.15, -0.1) is 0 Å². The highest BCUT2D eigenvalue weighted by molar-refractivity contribution is 9.10. The van der Waals surface area contributed by atoms with Crippen molar-refractivity contribution < 1.29 is 0 Å². The molecule has 0 aliphatic heterocycles. The van der Waals surface area contributed by atoms with Gasteiger partial charge in [-0.25, -0.2) is 0 Å². The summed E-state index contributed by atoms with van der Waals surface area (Å²) < 4.78 is 4.98. The molecule has 0 aromatic carbocycles. The summed E-state index contributed by atoms with van der Waals surface area (Å²) in [6.07, 6.45) is 4.92. The molecule has 0 fully saturated rings. The lowest BCUT2D eigenvalue weighted by atomic mass is 10.3. The van der Waals surface area contributed by atoms with E-state index in [2.05, 4.69) is 51.5 Å². The predicted octanol–water partition coefficient (Wildman–Crippen LogP) is 2.10. The number of nitrogens with one attached hydrogen (secondary N) is 1. The maximum Gasteiger partial charge on any atom is 0.0839 e. The lowest BCUT2D eigenvalue weighted by molar-refractivity contribution is 0.615. The summed E-state index contributed by atoms with van der Waals surface area (Å²) in [5, 5.41) is 12.2. The normalized spacial score (nSPS) is 11.2. The van der Waals surface area contributed by atoms with Crippen LogP contribution in [0.1, 0.15) is 30.8 Å². The van der Waals surface area contributed by atoms with E-state index < -0.39 is 0 Å². The molecule has 2 heterocycles. The first-order chi connectivity index (χ1) is 9.15. The molecule has 1 N–H and O–H groups in total. The van der Waals surface area contributed by atoms with Gasteiger partial charge >= 0.3 is 0 Å². The van der Waals surface area contributed by atoms with Crippen LogP contribution in [-0.2, 0) is 26.6 Å². The van der Waals surface area contributed by atoms with Gasteiger partial charge in [0.15, 0.2) is 0 Å². The standard InChI is InChI=1S/C13H20BrN5/c1-4-11-13(14)12(18(3)17-11)9-19-8-10(7-16-19)6-15-5-2/h7-8,15H,4-6,9H2,1-3H3. The zero-order valence-corrected chi connectivity index (χ0v) is 13.2. The van der Waals surface area contributed by atoms with Gasteiger partial charge in [0.25, 0.3) is 0 Å². The van der Waals surface area contributed by atoms with Crippen molar-refractivity contribution >= 4 is 15.9 Å². The molecule has 5 nitrogen and oxygen atoms in total. The van der Waals surface area contributed by atoms with Gasteiger partial charge in [-0.3, -0.25) is 9.36 Å². The fraction of sp³-hybridized carbons (Fsp3) is 0.538. The quantitative estimate of drug-likeness (QED) is 0.884. The van der Waals surface area contributed by atoms with Gasteiger partial charge in [0.05, 0.1) is 28.6 Å². The Hall–Kier alpha value is -1.14. The maximum absolute atomic E-state index is 4.50. The molecule has 104 valence electrons. The number of hydrogen-bond acceptors (Lipinski definition) is 3.